The van der Waals surface area contributed by atoms with E-state index in [2.05, 4.69) is 6.58 Å². The van der Waals surface area contributed by atoms with Gasteiger partial charge in [0.05, 0.1) is 6.61 Å². The van der Waals surface area contributed by atoms with Gasteiger partial charge in [-0.2, -0.15) is 0 Å². The summed E-state index contributed by atoms with van der Waals surface area (Å²) < 4.78 is 10.3. The van der Waals surface area contributed by atoms with Gasteiger partial charge in [-0.25, -0.2) is 5.84 Å². The minimum Gasteiger partial charge on any atom is -0.453 e. The van der Waals surface area contributed by atoms with Gasteiger partial charge < -0.3 is 9.15 Å². The van der Waals surface area contributed by atoms with Crippen molar-refractivity contribution in [2.75, 3.05) is 6.61 Å². The molecule has 0 aliphatic rings. The third-order valence-corrected chi connectivity index (χ3v) is 1.50. The van der Waals surface area contributed by atoms with Gasteiger partial charge in [-0.1, -0.05) is 6.08 Å². The molecule has 5 nitrogen and oxygen atoms in total. The van der Waals surface area contributed by atoms with Crippen molar-refractivity contribution in [2.24, 2.45) is 5.84 Å². The molecule has 1 rings (SSSR count). The van der Waals surface area contributed by atoms with Crippen molar-refractivity contribution in [1.82, 2.24) is 5.43 Å². The third kappa shape index (κ3) is 2.72. The van der Waals surface area contributed by atoms with Gasteiger partial charge in [0.2, 0.25) is 0 Å². The lowest BCUT2D eigenvalue weighted by Gasteiger charge is -1.97. The highest BCUT2D eigenvalue weighted by Gasteiger charge is 2.08. The van der Waals surface area contributed by atoms with E-state index in [4.69, 9.17) is 15.0 Å². The van der Waals surface area contributed by atoms with Crippen molar-refractivity contribution in [2.45, 2.75) is 6.61 Å². The van der Waals surface area contributed by atoms with Gasteiger partial charge in [-0.05, 0) is 12.1 Å². The molecule has 0 fully saturated rings. The Morgan fingerprint density at radius 1 is 1.71 bits per heavy atom. The summed E-state index contributed by atoms with van der Waals surface area (Å²) in [5, 5.41) is 0. The molecule has 1 heterocycles. The van der Waals surface area contributed by atoms with E-state index in [0.717, 1.165) is 0 Å². The van der Waals surface area contributed by atoms with E-state index in [1.54, 1.807) is 12.1 Å². The zero-order valence-electron chi connectivity index (χ0n) is 7.66. The Bertz CT molecular complexity index is 320. The number of nitrogen functional groups attached to an aromatic ring is 1. The number of hydrogen-bond donors (Lipinski definition) is 2. The van der Waals surface area contributed by atoms with Crippen LogP contribution in [0.2, 0.25) is 0 Å². The molecule has 0 radical (unpaired) electrons. The van der Waals surface area contributed by atoms with Crippen molar-refractivity contribution in [3.8, 4) is 0 Å². The Morgan fingerprint density at radius 3 is 3.14 bits per heavy atom. The van der Waals surface area contributed by atoms with Crippen LogP contribution < -0.4 is 11.3 Å². The van der Waals surface area contributed by atoms with E-state index < -0.39 is 5.91 Å². The second-order valence-corrected chi connectivity index (χ2v) is 2.54. The molecule has 0 saturated carbocycles. The molecule has 0 spiro atoms. The van der Waals surface area contributed by atoms with Crippen molar-refractivity contribution >= 4 is 5.91 Å². The van der Waals surface area contributed by atoms with E-state index in [9.17, 15) is 4.79 Å². The number of nitrogens with two attached hydrogens (primary N) is 1. The first kappa shape index (κ1) is 10.5. The van der Waals surface area contributed by atoms with Gasteiger partial charge in [-0.3, -0.25) is 10.2 Å². The zero-order valence-corrected chi connectivity index (χ0v) is 7.66. The summed E-state index contributed by atoms with van der Waals surface area (Å²) in [6.45, 7) is 4.26. The first-order valence-corrected chi connectivity index (χ1v) is 4.06. The molecular weight excluding hydrogens is 184 g/mol. The van der Waals surface area contributed by atoms with E-state index in [-0.39, 0.29) is 5.76 Å². The average Bonchev–Trinajstić information content (AvgIpc) is 2.66. The molecule has 3 N–H and O–H groups in total. The third-order valence-electron chi connectivity index (χ3n) is 1.50. The minimum absolute atomic E-state index is 0.171. The van der Waals surface area contributed by atoms with E-state index >= 15 is 0 Å². The molecule has 1 aromatic rings. The van der Waals surface area contributed by atoms with Gasteiger partial charge in [0.25, 0.3) is 0 Å². The molecule has 76 valence electrons. The Hall–Kier alpha value is -1.59. The molecular formula is C9H12N2O3. The Balaban J connectivity index is 2.50. The van der Waals surface area contributed by atoms with Crippen LogP contribution in [0.5, 0.6) is 0 Å². The lowest BCUT2D eigenvalue weighted by atomic mass is 10.4. The number of rotatable bonds is 5. The van der Waals surface area contributed by atoms with Crippen LogP contribution in [0.4, 0.5) is 0 Å². The van der Waals surface area contributed by atoms with Crippen molar-refractivity contribution in [1.29, 1.82) is 0 Å². The monoisotopic (exact) mass is 196 g/mol. The highest BCUT2D eigenvalue weighted by molar-refractivity contribution is 5.90. The van der Waals surface area contributed by atoms with Crippen LogP contribution in [0.3, 0.4) is 0 Å². The minimum atomic E-state index is -0.458. The van der Waals surface area contributed by atoms with Crippen LogP contribution in [0.25, 0.3) is 0 Å². The quantitative estimate of drug-likeness (QED) is 0.237. The van der Waals surface area contributed by atoms with Crippen LogP contribution in [-0.4, -0.2) is 12.5 Å². The predicted molar refractivity (Wildman–Crippen MR) is 50.2 cm³/mol. The molecule has 0 aliphatic carbocycles. The SMILES string of the molecule is C=CCOCc1ccc(C(=O)NN)o1. The molecule has 1 aromatic heterocycles. The van der Waals surface area contributed by atoms with Crippen LogP contribution >= 0.6 is 0 Å². The fourth-order valence-electron chi connectivity index (χ4n) is 0.892. The second-order valence-electron chi connectivity index (χ2n) is 2.54. The molecule has 0 saturated heterocycles. The van der Waals surface area contributed by atoms with E-state index in [0.29, 0.717) is 19.0 Å². The number of amides is 1. The average molecular weight is 196 g/mol. The Labute approximate surface area is 81.5 Å². The second kappa shape index (κ2) is 5.21. The largest absolute Gasteiger partial charge is 0.453 e. The fourth-order valence-corrected chi connectivity index (χ4v) is 0.892. The van der Waals surface area contributed by atoms with Crippen LogP contribution in [-0.2, 0) is 11.3 Å². The van der Waals surface area contributed by atoms with Crippen LogP contribution in [0.1, 0.15) is 16.3 Å². The van der Waals surface area contributed by atoms with Gasteiger partial charge in [0, 0.05) is 0 Å². The number of carbonyl (C=O) groups is 1. The van der Waals surface area contributed by atoms with Crippen molar-refractivity contribution in [3.63, 3.8) is 0 Å². The maximum Gasteiger partial charge on any atom is 0.300 e. The number of hydrogen-bond acceptors (Lipinski definition) is 4. The smallest absolute Gasteiger partial charge is 0.300 e. The summed E-state index contributed by atoms with van der Waals surface area (Å²) >= 11 is 0. The fraction of sp³-hybridized carbons (Fsp3) is 0.222. The molecule has 5 heteroatoms. The summed E-state index contributed by atoms with van der Waals surface area (Å²) in [6, 6.07) is 3.20. The van der Waals surface area contributed by atoms with Gasteiger partial charge in [0.1, 0.15) is 12.4 Å². The summed E-state index contributed by atoms with van der Waals surface area (Å²) in [6.07, 6.45) is 1.64. The summed E-state index contributed by atoms with van der Waals surface area (Å²) in [5.74, 6) is 5.22. The van der Waals surface area contributed by atoms with Crippen LogP contribution in [0, 0.1) is 0 Å². The molecule has 0 unspecified atom stereocenters. The first-order chi connectivity index (χ1) is 6.77. The van der Waals surface area contributed by atoms with E-state index in [1.807, 2.05) is 5.43 Å². The summed E-state index contributed by atoms with van der Waals surface area (Å²) in [7, 11) is 0. The lowest BCUT2D eigenvalue weighted by Crippen LogP contribution is -2.29. The van der Waals surface area contributed by atoms with Gasteiger partial charge in [0.15, 0.2) is 5.76 Å². The van der Waals surface area contributed by atoms with Gasteiger partial charge in [-0.15, -0.1) is 6.58 Å². The highest BCUT2D eigenvalue weighted by Crippen LogP contribution is 2.08. The zero-order chi connectivity index (χ0) is 10.4. The molecule has 0 bridgehead atoms. The molecule has 0 aliphatic heterocycles. The Morgan fingerprint density at radius 2 is 2.50 bits per heavy atom. The Kier molecular flexibility index (Phi) is 3.90. The van der Waals surface area contributed by atoms with Crippen molar-refractivity contribution < 1.29 is 13.9 Å². The van der Waals surface area contributed by atoms with Crippen molar-refractivity contribution in [3.05, 3.63) is 36.3 Å². The first-order valence-electron chi connectivity index (χ1n) is 4.06. The highest BCUT2D eigenvalue weighted by atomic mass is 16.5. The number of hydrazine groups is 1. The molecule has 1 amide bonds. The number of ether oxygens (including phenoxy) is 1. The maximum atomic E-state index is 11.0. The number of furan rings is 1. The predicted octanol–water partition coefficient (Wildman–Crippen LogP) is 0.586. The van der Waals surface area contributed by atoms with Gasteiger partial charge >= 0.3 is 5.91 Å². The molecule has 14 heavy (non-hydrogen) atoms. The lowest BCUT2D eigenvalue weighted by molar-refractivity contribution is 0.0911. The standard InChI is InChI=1S/C9H12N2O3/c1-2-5-13-6-7-3-4-8(14-7)9(12)11-10/h2-4H,1,5-6,10H2,(H,11,12). The maximum absolute atomic E-state index is 11.0. The normalized spacial score (nSPS) is 9.79. The summed E-state index contributed by atoms with van der Waals surface area (Å²) in [4.78, 5) is 11.0. The topological polar surface area (TPSA) is 77.5 Å². The van der Waals surface area contributed by atoms with E-state index in [1.165, 1.54) is 6.07 Å². The molecule has 0 aromatic carbocycles. The van der Waals surface area contributed by atoms with Crippen LogP contribution in [0.15, 0.2) is 29.2 Å². The number of nitrogens with one attached hydrogen (secondary N) is 1. The number of carbonyl (C=O) groups excluding carboxylic acids is 1. The molecule has 0 atom stereocenters. The summed E-state index contributed by atoms with van der Waals surface area (Å²) in [5.41, 5.74) is 1.97.